The third kappa shape index (κ3) is 3.86. The average molecular weight is 262 g/mol. The minimum Gasteiger partial charge on any atom is -0.418 e. The van der Waals surface area contributed by atoms with Gasteiger partial charge in [-0.25, -0.2) is 0 Å². The first kappa shape index (κ1) is 11.6. The van der Waals surface area contributed by atoms with E-state index in [0.29, 0.717) is 10.5 Å². The van der Waals surface area contributed by atoms with Gasteiger partial charge in [-0.1, -0.05) is 34.8 Å². The molecule has 62 valence electrons. The van der Waals surface area contributed by atoms with Gasteiger partial charge in [-0.05, 0) is 0 Å². The van der Waals surface area contributed by atoms with Crippen LogP contribution in [0.2, 0.25) is 0 Å². The highest BCUT2D eigenvalue weighted by molar-refractivity contribution is 6.68. The van der Waals surface area contributed by atoms with Gasteiger partial charge in [0.1, 0.15) is 21.4 Å². The van der Waals surface area contributed by atoms with Crippen molar-refractivity contribution in [3.8, 4) is 0 Å². The first-order valence-corrected chi connectivity index (χ1v) is 5.09. The van der Waals surface area contributed by atoms with E-state index in [2.05, 4.69) is 0 Å². The van der Waals surface area contributed by atoms with E-state index in [0.717, 1.165) is 0 Å². The maximum Gasteiger partial charge on any atom is 0.217 e. The normalized spacial score (nSPS) is 16.2. The summed E-state index contributed by atoms with van der Waals surface area (Å²) in [5.41, 5.74) is 0. The number of halogens is 5. The highest BCUT2D eigenvalue weighted by Gasteiger charge is 2.36. The molecular weight excluding hydrogens is 257 g/mol. The number of hydrogen-bond acceptors (Lipinski definition) is 1. The fraction of sp³-hybridized carbons (Fsp3) is 1.00. The van der Waals surface area contributed by atoms with Crippen LogP contribution in [0.4, 0.5) is 0 Å². The maximum atomic E-state index is 5.45. The second kappa shape index (κ2) is 4.60. The third-order valence-corrected chi connectivity index (χ3v) is 2.42. The quantitative estimate of drug-likeness (QED) is 0.545. The second-order valence-corrected chi connectivity index (χ2v) is 5.54. The Hall–Kier alpha value is 1.63. The first-order valence-electron chi connectivity index (χ1n) is 2.27. The fourth-order valence-electron chi connectivity index (χ4n) is 0.379. The lowest BCUT2D eigenvalue weighted by molar-refractivity contribution is 0.242. The predicted molar refractivity (Wildman–Crippen MR) is 50.6 cm³/mol. The van der Waals surface area contributed by atoms with Crippen molar-refractivity contribution in [2.24, 2.45) is 0 Å². The summed E-state index contributed by atoms with van der Waals surface area (Å²) >= 11 is 27.2. The highest BCUT2D eigenvalue weighted by Crippen LogP contribution is 2.36. The van der Waals surface area contributed by atoms with E-state index >= 15 is 0 Å². The van der Waals surface area contributed by atoms with Gasteiger partial charge in [0.05, 0.1) is 0 Å². The molecular formula is C3H5Cl5OSi. The molecule has 0 fully saturated rings. The van der Waals surface area contributed by atoms with E-state index in [9.17, 15) is 0 Å². The van der Waals surface area contributed by atoms with Crippen LogP contribution < -0.4 is 0 Å². The van der Waals surface area contributed by atoms with E-state index in [1.54, 1.807) is 0 Å². The van der Waals surface area contributed by atoms with Crippen molar-refractivity contribution in [1.29, 1.82) is 0 Å². The lowest BCUT2D eigenvalue weighted by atomic mass is 10.5. The zero-order valence-corrected chi connectivity index (χ0v) is 10.7. The molecule has 1 unspecified atom stereocenters. The zero-order valence-electron chi connectivity index (χ0n) is 4.95. The molecule has 1 nitrogen and oxygen atoms in total. The van der Waals surface area contributed by atoms with Crippen LogP contribution in [0.3, 0.4) is 0 Å². The molecule has 0 aliphatic carbocycles. The van der Waals surface area contributed by atoms with Crippen molar-refractivity contribution >= 4 is 68.5 Å². The van der Waals surface area contributed by atoms with Crippen LogP contribution in [0, 0.1) is 0 Å². The molecule has 0 radical (unpaired) electrons. The molecule has 0 aromatic rings. The lowest BCUT2D eigenvalue weighted by Crippen LogP contribution is -2.33. The zero-order chi connectivity index (χ0) is 8.36. The summed E-state index contributed by atoms with van der Waals surface area (Å²) in [6.45, 7) is 0. The van der Waals surface area contributed by atoms with Crippen molar-refractivity contribution in [2.45, 2.75) is 14.7 Å². The summed E-state index contributed by atoms with van der Waals surface area (Å²) in [4.78, 5) is -0.815. The van der Waals surface area contributed by atoms with Crippen molar-refractivity contribution in [3.63, 3.8) is 0 Å². The largest absolute Gasteiger partial charge is 0.418 e. The molecule has 0 amide bonds. The predicted octanol–water partition coefficient (Wildman–Crippen LogP) is 1.83. The van der Waals surface area contributed by atoms with E-state index in [1.165, 1.54) is 0 Å². The molecule has 0 rings (SSSR count). The monoisotopic (exact) mass is 260 g/mol. The van der Waals surface area contributed by atoms with E-state index in [4.69, 9.17) is 62.4 Å². The smallest absolute Gasteiger partial charge is 0.217 e. The van der Waals surface area contributed by atoms with Gasteiger partial charge < -0.3 is 4.43 Å². The molecule has 0 spiro atoms. The SMILES string of the molecule is [SiH3]OC(C(Cl)Cl)C(Cl)(Cl)Cl. The molecule has 7 heteroatoms. The molecule has 0 heterocycles. The number of rotatable bonds is 2. The van der Waals surface area contributed by atoms with E-state index < -0.39 is 14.7 Å². The van der Waals surface area contributed by atoms with Gasteiger partial charge in [-0.3, -0.25) is 0 Å². The van der Waals surface area contributed by atoms with Crippen LogP contribution in [0.25, 0.3) is 0 Å². The Balaban J connectivity index is 4.07. The first-order chi connectivity index (χ1) is 4.39. The second-order valence-electron chi connectivity index (χ2n) is 1.53. The van der Waals surface area contributed by atoms with Gasteiger partial charge in [0.15, 0.2) is 0 Å². The molecule has 0 bridgehead atoms. The van der Waals surface area contributed by atoms with Gasteiger partial charge in [0.25, 0.3) is 0 Å². The Kier molecular flexibility index (Phi) is 5.35. The van der Waals surface area contributed by atoms with Gasteiger partial charge in [-0.15, -0.1) is 23.2 Å². The summed E-state index contributed by atoms with van der Waals surface area (Å²) in [6.07, 6.45) is -0.743. The Morgan fingerprint density at radius 3 is 1.60 bits per heavy atom. The minimum absolute atomic E-state index is 0.429. The Morgan fingerprint density at radius 1 is 1.20 bits per heavy atom. The molecule has 0 aromatic carbocycles. The molecule has 0 saturated carbocycles. The van der Waals surface area contributed by atoms with Crippen molar-refractivity contribution in [3.05, 3.63) is 0 Å². The maximum absolute atomic E-state index is 5.45. The van der Waals surface area contributed by atoms with Crippen molar-refractivity contribution in [2.75, 3.05) is 0 Å². The summed E-state index contributed by atoms with van der Waals surface area (Å²) in [7, 11) is 0.429. The molecule has 1 atom stereocenters. The minimum atomic E-state index is -1.55. The Labute approximate surface area is 87.4 Å². The van der Waals surface area contributed by atoms with Crippen LogP contribution in [0.15, 0.2) is 0 Å². The fourth-order valence-corrected chi connectivity index (χ4v) is 3.41. The van der Waals surface area contributed by atoms with Gasteiger partial charge in [0.2, 0.25) is 3.79 Å². The summed E-state index contributed by atoms with van der Waals surface area (Å²) in [6, 6.07) is 0. The molecule has 0 aliphatic rings. The standard InChI is InChI=1S/C3H5Cl5OSi/c4-2(5)1(9-10)3(6,7)8/h1-2H,10H3. The third-order valence-electron chi connectivity index (χ3n) is 0.805. The van der Waals surface area contributed by atoms with Crippen LogP contribution in [0.1, 0.15) is 0 Å². The highest BCUT2D eigenvalue weighted by atomic mass is 35.6. The summed E-state index contributed by atoms with van der Waals surface area (Å²) in [5.74, 6) is 0. The average Bonchev–Trinajstić information content (AvgIpc) is 1.60. The summed E-state index contributed by atoms with van der Waals surface area (Å²) < 4.78 is 3.31. The topological polar surface area (TPSA) is 9.23 Å². The van der Waals surface area contributed by atoms with Crippen LogP contribution in [-0.4, -0.2) is 25.2 Å². The Morgan fingerprint density at radius 2 is 1.60 bits per heavy atom. The van der Waals surface area contributed by atoms with Gasteiger partial charge >= 0.3 is 0 Å². The molecule has 0 N–H and O–H groups in total. The molecule has 10 heavy (non-hydrogen) atoms. The van der Waals surface area contributed by atoms with E-state index in [-0.39, 0.29) is 0 Å². The van der Waals surface area contributed by atoms with E-state index in [1.807, 2.05) is 0 Å². The number of alkyl halides is 5. The summed E-state index contributed by atoms with van der Waals surface area (Å²) in [5, 5.41) is 0. The van der Waals surface area contributed by atoms with Gasteiger partial charge in [0, 0.05) is 0 Å². The Bertz CT molecular complexity index is 102. The van der Waals surface area contributed by atoms with Gasteiger partial charge in [-0.2, -0.15) is 0 Å². The number of hydrogen-bond donors (Lipinski definition) is 0. The molecule has 0 saturated heterocycles. The molecule has 0 aromatic heterocycles. The van der Waals surface area contributed by atoms with Crippen LogP contribution in [0.5, 0.6) is 0 Å². The molecule has 0 aliphatic heterocycles. The van der Waals surface area contributed by atoms with Crippen LogP contribution in [-0.2, 0) is 4.43 Å². The van der Waals surface area contributed by atoms with Crippen molar-refractivity contribution in [1.82, 2.24) is 0 Å². The lowest BCUT2D eigenvalue weighted by Gasteiger charge is -2.23. The van der Waals surface area contributed by atoms with Crippen LogP contribution >= 0.6 is 58.0 Å². The van der Waals surface area contributed by atoms with Crippen molar-refractivity contribution < 1.29 is 4.43 Å².